The van der Waals surface area contributed by atoms with Crippen molar-refractivity contribution in [1.29, 1.82) is 0 Å². The highest BCUT2D eigenvalue weighted by Gasteiger charge is 2.19. The highest BCUT2D eigenvalue weighted by atomic mass is 32.1. The molecule has 0 aliphatic carbocycles. The van der Waals surface area contributed by atoms with Crippen LogP contribution in [0, 0.1) is 0 Å². The van der Waals surface area contributed by atoms with Crippen molar-refractivity contribution >= 4 is 28.3 Å². The van der Waals surface area contributed by atoms with Crippen molar-refractivity contribution in [3.63, 3.8) is 0 Å². The Morgan fingerprint density at radius 3 is 2.85 bits per heavy atom. The molecule has 7 nitrogen and oxygen atoms in total. The molecule has 0 unspecified atom stereocenters. The molecular formula is C19H26N6OS. The Morgan fingerprint density at radius 1 is 1.33 bits per heavy atom. The van der Waals surface area contributed by atoms with E-state index in [0.717, 1.165) is 43.3 Å². The molecule has 0 bridgehead atoms. The number of aromatic nitrogens is 1. The molecule has 0 atom stereocenters. The zero-order valence-electron chi connectivity index (χ0n) is 15.6. The predicted molar refractivity (Wildman–Crippen MR) is 110 cm³/mol. The minimum absolute atomic E-state index is 0.0473. The number of nitrogens with zero attached hydrogens (tertiary/aromatic N) is 4. The maximum Gasteiger partial charge on any atom is 0.251 e. The SMILES string of the molecule is CCCNC(=O)c1cccc(CN=C(N)N2CCN(c3nccs3)CC2)c1. The molecule has 1 amide bonds. The molecule has 2 aromatic rings. The van der Waals surface area contributed by atoms with Crippen LogP contribution in [0.3, 0.4) is 0 Å². The molecule has 3 N–H and O–H groups in total. The van der Waals surface area contributed by atoms with Gasteiger partial charge in [-0.2, -0.15) is 0 Å². The van der Waals surface area contributed by atoms with Crippen LogP contribution in [0.2, 0.25) is 0 Å². The van der Waals surface area contributed by atoms with Crippen LogP contribution in [0.5, 0.6) is 0 Å². The molecule has 1 saturated heterocycles. The molecule has 144 valence electrons. The fourth-order valence-corrected chi connectivity index (χ4v) is 3.62. The van der Waals surface area contributed by atoms with E-state index < -0.39 is 0 Å². The second kappa shape index (κ2) is 9.36. The van der Waals surface area contributed by atoms with Crippen molar-refractivity contribution in [2.24, 2.45) is 10.7 Å². The van der Waals surface area contributed by atoms with Gasteiger partial charge in [-0.1, -0.05) is 19.1 Å². The topological polar surface area (TPSA) is 86.8 Å². The highest BCUT2D eigenvalue weighted by molar-refractivity contribution is 7.13. The number of amides is 1. The summed E-state index contributed by atoms with van der Waals surface area (Å²) in [5, 5.41) is 5.94. The van der Waals surface area contributed by atoms with Gasteiger partial charge in [0.2, 0.25) is 0 Å². The molecule has 1 aromatic heterocycles. The third-order valence-electron chi connectivity index (χ3n) is 4.44. The molecule has 2 heterocycles. The second-order valence-electron chi connectivity index (χ2n) is 6.42. The van der Waals surface area contributed by atoms with E-state index in [1.807, 2.05) is 42.8 Å². The van der Waals surface area contributed by atoms with Crippen LogP contribution in [0.4, 0.5) is 5.13 Å². The Hall–Kier alpha value is -2.61. The van der Waals surface area contributed by atoms with Crippen molar-refractivity contribution < 1.29 is 4.79 Å². The van der Waals surface area contributed by atoms with Crippen LogP contribution < -0.4 is 16.0 Å². The Balaban J connectivity index is 1.54. The lowest BCUT2D eigenvalue weighted by Gasteiger charge is -2.35. The normalized spacial score (nSPS) is 15.1. The smallest absolute Gasteiger partial charge is 0.251 e. The van der Waals surface area contributed by atoms with E-state index >= 15 is 0 Å². The highest BCUT2D eigenvalue weighted by Crippen LogP contribution is 2.18. The van der Waals surface area contributed by atoms with Crippen LogP contribution >= 0.6 is 11.3 Å². The molecule has 0 radical (unpaired) electrons. The number of benzene rings is 1. The van der Waals surface area contributed by atoms with Gasteiger partial charge in [-0.25, -0.2) is 9.98 Å². The monoisotopic (exact) mass is 386 g/mol. The van der Waals surface area contributed by atoms with Gasteiger partial charge >= 0.3 is 0 Å². The van der Waals surface area contributed by atoms with E-state index in [9.17, 15) is 4.79 Å². The second-order valence-corrected chi connectivity index (χ2v) is 7.29. The van der Waals surface area contributed by atoms with Crippen LogP contribution in [0.15, 0.2) is 40.8 Å². The molecule has 27 heavy (non-hydrogen) atoms. The standard InChI is InChI=1S/C19H26N6OS/c1-2-6-21-17(26)16-5-3-4-15(13-16)14-23-18(20)24-8-10-25(11-9-24)19-22-7-12-27-19/h3-5,7,12-13H,2,6,8-11,14H2,1H3,(H2,20,23)(H,21,26). The molecule has 0 spiro atoms. The summed E-state index contributed by atoms with van der Waals surface area (Å²) in [6.45, 7) is 6.61. The molecule has 3 rings (SSSR count). The molecule has 0 saturated carbocycles. The molecule has 1 aliphatic rings. The lowest BCUT2D eigenvalue weighted by molar-refractivity contribution is 0.0953. The maximum atomic E-state index is 12.1. The van der Waals surface area contributed by atoms with E-state index in [1.165, 1.54) is 0 Å². The summed E-state index contributed by atoms with van der Waals surface area (Å²) in [6, 6.07) is 7.55. The first-order chi connectivity index (χ1) is 13.2. The number of carbonyl (C=O) groups excluding carboxylic acids is 1. The van der Waals surface area contributed by atoms with Crippen LogP contribution in [-0.2, 0) is 6.54 Å². The van der Waals surface area contributed by atoms with Crippen molar-refractivity contribution in [1.82, 2.24) is 15.2 Å². The Bertz CT molecular complexity index is 768. The number of nitrogens with one attached hydrogen (secondary N) is 1. The van der Waals surface area contributed by atoms with Gasteiger partial charge in [0.1, 0.15) is 0 Å². The van der Waals surface area contributed by atoms with Gasteiger partial charge in [0, 0.05) is 49.9 Å². The Kier molecular flexibility index (Phi) is 6.64. The summed E-state index contributed by atoms with van der Waals surface area (Å²) < 4.78 is 0. The number of piperazine rings is 1. The summed E-state index contributed by atoms with van der Waals surface area (Å²) in [5.41, 5.74) is 7.82. The lowest BCUT2D eigenvalue weighted by Crippen LogP contribution is -2.51. The quantitative estimate of drug-likeness (QED) is 0.585. The lowest BCUT2D eigenvalue weighted by atomic mass is 10.1. The Morgan fingerprint density at radius 2 is 2.15 bits per heavy atom. The number of rotatable bonds is 6. The van der Waals surface area contributed by atoms with Crippen molar-refractivity contribution in [2.45, 2.75) is 19.9 Å². The van der Waals surface area contributed by atoms with Gasteiger partial charge in [-0.3, -0.25) is 4.79 Å². The number of anilines is 1. The van der Waals surface area contributed by atoms with E-state index in [4.69, 9.17) is 5.73 Å². The molecule has 1 aliphatic heterocycles. The molecule has 1 aromatic carbocycles. The largest absolute Gasteiger partial charge is 0.370 e. The first kappa shape index (κ1) is 19.2. The zero-order valence-corrected chi connectivity index (χ0v) is 16.4. The summed E-state index contributed by atoms with van der Waals surface area (Å²) >= 11 is 1.66. The third kappa shape index (κ3) is 5.19. The van der Waals surface area contributed by atoms with E-state index in [0.29, 0.717) is 24.6 Å². The van der Waals surface area contributed by atoms with Gasteiger partial charge in [-0.05, 0) is 24.1 Å². The van der Waals surface area contributed by atoms with Gasteiger partial charge in [0.15, 0.2) is 11.1 Å². The van der Waals surface area contributed by atoms with E-state index in [1.54, 1.807) is 11.3 Å². The average Bonchev–Trinajstić information content (AvgIpc) is 3.25. The van der Waals surface area contributed by atoms with Gasteiger partial charge < -0.3 is 20.9 Å². The van der Waals surface area contributed by atoms with Crippen LogP contribution in [0.1, 0.15) is 29.3 Å². The number of carbonyl (C=O) groups is 1. The summed E-state index contributed by atoms with van der Waals surface area (Å²) in [6.07, 6.45) is 2.75. The summed E-state index contributed by atoms with van der Waals surface area (Å²) in [5.74, 6) is 0.503. The number of aliphatic imine (C=N–C) groups is 1. The molecule has 8 heteroatoms. The van der Waals surface area contributed by atoms with Crippen LogP contribution in [0.25, 0.3) is 0 Å². The Labute approximate surface area is 163 Å². The van der Waals surface area contributed by atoms with Gasteiger partial charge in [-0.15, -0.1) is 11.3 Å². The number of nitrogens with two attached hydrogens (primary N) is 1. The van der Waals surface area contributed by atoms with E-state index in [-0.39, 0.29) is 5.91 Å². The third-order valence-corrected chi connectivity index (χ3v) is 5.27. The van der Waals surface area contributed by atoms with Gasteiger partial charge in [0.25, 0.3) is 5.91 Å². The van der Waals surface area contributed by atoms with Crippen molar-refractivity contribution in [3.8, 4) is 0 Å². The first-order valence-electron chi connectivity index (χ1n) is 9.24. The number of guanidine groups is 1. The van der Waals surface area contributed by atoms with Crippen molar-refractivity contribution in [2.75, 3.05) is 37.6 Å². The molecular weight excluding hydrogens is 360 g/mol. The van der Waals surface area contributed by atoms with Gasteiger partial charge in [0.05, 0.1) is 6.54 Å². The first-order valence-corrected chi connectivity index (χ1v) is 10.1. The maximum absolute atomic E-state index is 12.1. The average molecular weight is 387 g/mol. The summed E-state index contributed by atoms with van der Waals surface area (Å²) in [4.78, 5) is 25.3. The summed E-state index contributed by atoms with van der Waals surface area (Å²) in [7, 11) is 0. The van der Waals surface area contributed by atoms with Crippen LogP contribution in [-0.4, -0.2) is 54.5 Å². The fraction of sp³-hybridized carbons (Fsp3) is 0.421. The minimum atomic E-state index is -0.0473. The zero-order chi connectivity index (χ0) is 19.1. The predicted octanol–water partition coefficient (Wildman–Crippen LogP) is 1.92. The van der Waals surface area contributed by atoms with E-state index in [2.05, 4.69) is 25.1 Å². The minimum Gasteiger partial charge on any atom is -0.370 e. The fourth-order valence-electron chi connectivity index (χ4n) is 2.92. The number of hydrogen-bond acceptors (Lipinski definition) is 5. The van der Waals surface area contributed by atoms with Crippen molar-refractivity contribution in [3.05, 3.63) is 47.0 Å². The molecule has 1 fully saturated rings. The number of thiazole rings is 1. The number of hydrogen-bond donors (Lipinski definition) is 2.